The average Bonchev–Trinajstić information content (AvgIpc) is 2.83. The summed E-state index contributed by atoms with van der Waals surface area (Å²) in [7, 11) is 0. The summed E-state index contributed by atoms with van der Waals surface area (Å²) in [4.78, 5) is 12.6. The van der Waals surface area contributed by atoms with Crippen LogP contribution in [-0.4, -0.2) is 29.0 Å². The van der Waals surface area contributed by atoms with Gasteiger partial charge in [-0.2, -0.15) is 0 Å². The molecule has 1 heterocycles. The molecule has 0 saturated carbocycles. The maximum Gasteiger partial charge on any atom is 0.317 e. The molecule has 0 aliphatic carbocycles. The molecule has 0 aromatic heterocycles. The van der Waals surface area contributed by atoms with Crippen molar-refractivity contribution in [2.45, 2.75) is 24.1 Å². The second-order valence-corrected chi connectivity index (χ2v) is 5.48. The fourth-order valence-electron chi connectivity index (χ4n) is 2.11. The topological polar surface area (TPSA) is 40.5 Å². The van der Waals surface area contributed by atoms with Crippen molar-refractivity contribution in [2.24, 2.45) is 0 Å². The summed E-state index contributed by atoms with van der Waals surface area (Å²) in [5, 5.41) is 8.82. The van der Waals surface area contributed by atoms with Crippen LogP contribution >= 0.6 is 15.9 Å². The van der Waals surface area contributed by atoms with Crippen LogP contribution in [0.15, 0.2) is 24.3 Å². The number of rotatable bonds is 4. The van der Waals surface area contributed by atoms with Gasteiger partial charge in [-0.05, 0) is 37.0 Å². The Labute approximate surface area is 110 Å². The second-order valence-electron chi connectivity index (χ2n) is 4.37. The van der Waals surface area contributed by atoms with E-state index in [9.17, 15) is 4.79 Å². The SMILES string of the molecule is O=C(O)C(Br)Cc1ccc(N2CCCC2)cc1. The van der Waals surface area contributed by atoms with E-state index in [4.69, 9.17) is 5.11 Å². The summed E-state index contributed by atoms with van der Waals surface area (Å²) in [6, 6.07) is 8.21. The number of carbonyl (C=O) groups is 1. The van der Waals surface area contributed by atoms with E-state index < -0.39 is 10.8 Å². The van der Waals surface area contributed by atoms with Gasteiger partial charge in [0.25, 0.3) is 0 Å². The minimum atomic E-state index is -0.811. The Morgan fingerprint density at radius 3 is 2.41 bits per heavy atom. The normalized spacial score (nSPS) is 17.1. The van der Waals surface area contributed by atoms with Crippen molar-refractivity contribution in [1.82, 2.24) is 0 Å². The van der Waals surface area contributed by atoms with Crippen LogP contribution in [0, 0.1) is 0 Å². The van der Waals surface area contributed by atoms with E-state index in [0.717, 1.165) is 18.7 Å². The number of aliphatic carboxylic acids is 1. The van der Waals surface area contributed by atoms with Crippen LogP contribution in [0.1, 0.15) is 18.4 Å². The predicted molar refractivity (Wildman–Crippen MR) is 71.9 cm³/mol. The molecule has 1 saturated heterocycles. The second kappa shape index (κ2) is 5.54. The van der Waals surface area contributed by atoms with Crippen LogP contribution in [0.5, 0.6) is 0 Å². The van der Waals surface area contributed by atoms with Crippen molar-refractivity contribution in [1.29, 1.82) is 0 Å². The van der Waals surface area contributed by atoms with Gasteiger partial charge in [0.15, 0.2) is 0 Å². The van der Waals surface area contributed by atoms with E-state index in [0.29, 0.717) is 6.42 Å². The lowest BCUT2D eigenvalue weighted by atomic mass is 10.1. The van der Waals surface area contributed by atoms with Gasteiger partial charge in [0.05, 0.1) is 0 Å². The lowest BCUT2D eigenvalue weighted by Gasteiger charge is -2.17. The molecule has 1 aromatic carbocycles. The van der Waals surface area contributed by atoms with E-state index in [-0.39, 0.29) is 0 Å². The van der Waals surface area contributed by atoms with Crippen LogP contribution in [-0.2, 0) is 11.2 Å². The zero-order chi connectivity index (χ0) is 12.3. The van der Waals surface area contributed by atoms with Crippen molar-refractivity contribution >= 4 is 27.6 Å². The molecule has 3 nitrogen and oxygen atoms in total. The van der Waals surface area contributed by atoms with E-state index in [2.05, 4.69) is 33.0 Å². The Balaban J connectivity index is 2.00. The highest BCUT2D eigenvalue weighted by Crippen LogP contribution is 2.21. The molecule has 2 rings (SSSR count). The molecule has 0 bridgehead atoms. The smallest absolute Gasteiger partial charge is 0.317 e. The van der Waals surface area contributed by atoms with Crippen LogP contribution in [0.2, 0.25) is 0 Å². The highest BCUT2D eigenvalue weighted by atomic mass is 79.9. The number of hydrogen-bond donors (Lipinski definition) is 1. The van der Waals surface area contributed by atoms with E-state index in [1.54, 1.807) is 0 Å². The summed E-state index contributed by atoms with van der Waals surface area (Å²) in [5.74, 6) is -0.811. The Kier molecular flexibility index (Phi) is 4.05. The lowest BCUT2D eigenvalue weighted by Crippen LogP contribution is -2.18. The molecule has 92 valence electrons. The summed E-state index contributed by atoms with van der Waals surface area (Å²) in [5.41, 5.74) is 2.30. The Hall–Kier alpha value is -1.03. The maximum atomic E-state index is 10.7. The van der Waals surface area contributed by atoms with Gasteiger partial charge >= 0.3 is 5.97 Å². The molecule has 1 fully saturated rings. The molecule has 0 spiro atoms. The fourth-order valence-corrected chi connectivity index (χ4v) is 2.49. The van der Waals surface area contributed by atoms with Gasteiger partial charge in [0.1, 0.15) is 4.83 Å². The first kappa shape index (κ1) is 12.4. The van der Waals surface area contributed by atoms with Gasteiger partial charge in [-0.1, -0.05) is 28.1 Å². The quantitative estimate of drug-likeness (QED) is 0.869. The van der Waals surface area contributed by atoms with Gasteiger partial charge in [-0.3, -0.25) is 4.79 Å². The molecule has 1 aliphatic rings. The highest BCUT2D eigenvalue weighted by Gasteiger charge is 2.15. The Morgan fingerprint density at radius 2 is 1.88 bits per heavy atom. The molecule has 4 heteroatoms. The zero-order valence-corrected chi connectivity index (χ0v) is 11.2. The van der Waals surface area contributed by atoms with Crippen LogP contribution < -0.4 is 4.90 Å². The Morgan fingerprint density at radius 1 is 1.29 bits per heavy atom. The first-order valence-corrected chi connectivity index (χ1v) is 6.79. The third-order valence-corrected chi connectivity index (χ3v) is 3.81. The standard InChI is InChI=1S/C13H16BrNO2/c14-12(13(16)17)9-10-3-5-11(6-4-10)15-7-1-2-8-15/h3-6,12H,1-2,7-9H2,(H,16,17). The number of carboxylic acids is 1. The number of carboxylic acid groups (broad SMARTS) is 1. The summed E-state index contributed by atoms with van der Waals surface area (Å²) < 4.78 is 0. The van der Waals surface area contributed by atoms with Crippen LogP contribution in [0.25, 0.3) is 0 Å². The number of anilines is 1. The van der Waals surface area contributed by atoms with E-state index >= 15 is 0 Å². The molecule has 0 radical (unpaired) electrons. The highest BCUT2D eigenvalue weighted by molar-refractivity contribution is 9.10. The largest absolute Gasteiger partial charge is 0.480 e. The van der Waals surface area contributed by atoms with Crippen LogP contribution in [0.4, 0.5) is 5.69 Å². The summed E-state index contributed by atoms with van der Waals surface area (Å²) >= 11 is 3.15. The third kappa shape index (κ3) is 3.22. The van der Waals surface area contributed by atoms with Gasteiger partial charge in [-0.25, -0.2) is 0 Å². The van der Waals surface area contributed by atoms with Crippen molar-refractivity contribution in [3.05, 3.63) is 29.8 Å². The third-order valence-electron chi connectivity index (χ3n) is 3.09. The van der Waals surface area contributed by atoms with Crippen LogP contribution in [0.3, 0.4) is 0 Å². The molecule has 1 atom stereocenters. The molecule has 17 heavy (non-hydrogen) atoms. The fraction of sp³-hybridized carbons (Fsp3) is 0.462. The Bertz CT molecular complexity index is 385. The molecule has 1 N–H and O–H groups in total. The van der Waals surface area contributed by atoms with Gasteiger partial charge < -0.3 is 10.0 Å². The molecular weight excluding hydrogens is 282 g/mol. The molecule has 1 aromatic rings. The molecular formula is C13H16BrNO2. The number of benzene rings is 1. The lowest BCUT2D eigenvalue weighted by molar-refractivity contribution is -0.136. The molecule has 0 amide bonds. The number of alkyl halides is 1. The number of nitrogens with zero attached hydrogens (tertiary/aromatic N) is 1. The number of halogens is 1. The predicted octanol–water partition coefficient (Wildman–Crippen LogP) is 2.68. The molecule has 1 unspecified atom stereocenters. The van der Waals surface area contributed by atoms with Gasteiger partial charge in [0.2, 0.25) is 0 Å². The average molecular weight is 298 g/mol. The molecule has 1 aliphatic heterocycles. The van der Waals surface area contributed by atoms with E-state index in [1.165, 1.54) is 18.5 Å². The van der Waals surface area contributed by atoms with Crippen molar-refractivity contribution in [2.75, 3.05) is 18.0 Å². The summed E-state index contributed by atoms with van der Waals surface area (Å²) in [6.07, 6.45) is 3.06. The maximum absolute atomic E-state index is 10.7. The monoisotopic (exact) mass is 297 g/mol. The van der Waals surface area contributed by atoms with Crippen molar-refractivity contribution in [3.8, 4) is 0 Å². The zero-order valence-electron chi connectivity index (χ0n) is 9.60. The first-order chi connectivity index (χ1) is 8.16. The van der Waals surface area contributed by atoms with Crippen molar-refractivity contribution < 1.29 is 9.90 Å². The van der Waals surface area contributed by atoms with E-state index in [1.807, 2.05) is 12.1 Å². The van der Waals surface area contributed by atoms with Gasteiger partial charge in [-0.15, -0.1) is 0 Å². The minimum Gasteiger partial charge on any atom is -0.480 e. The van der Waals surface area contributed by atoms with Crippen molar-refractivity contribution in [3.63, 3.8) is 0 Å². The number of hydrogen-bond acceptors (Lipinski definition) is 2. The summed E-state index contributed by atoms with van der Waals surface area (Å²) in [6.45, 7) is 2.27. The first-order valence-electron chi connectivity index (χ1n) is 5.87. The van der Waals surface area contributed by atoms with Gasteiger partial charge in [0, 0.05) is 18.8 Å². The minimum absolute atomic E-state index is 0.500.